The molecule has 0 radical (unpaired) electrons. The van der Waals surface area contributed by atoms with E-state index in [1.165, 1.54) is 0 Å². The first-order valence-corrected chi connectivity index (χ1v) is 4.24. The molecule has 0 aliphatic carbocycles. The highest BCUT2D eigenvalue weighted by Gasteiger charge is 2.15. The SMILES string of the molecule is COCCC(C(C)=O)n1cccn1. The largest absolute Gasteiger partial charge is 0.385 e. The minimum Gasteiger partial charge on any atom is -0.385 e. The van der Waals surface area contributed by atoms with Gasteiger partial charge >= 0.3 is 0 Å². The van der Waals surface area contributed by atoms with E-state index < -0.39 is 0 Å². The van der Waals surface area contributed by atoms with Crippen LogP contribution >= 0.6 is 0 Å². The van der Waals surface area contributed by atoms with Gasteiger partial charge < -0.3 is 4.74 Å². The molecule has 0 amide bonds. The Bertz CT molecular complexity index is 257. The third-order valence-electron chi connectivity index (χ3n) is 1.91. The van der Waals surface area contributed by atoms with Crippen LogP contribution in [0.3, 0.4) is 0 Å². The zero-order chi connectivity index (χ0) is 9.68. The van der Waals surface area contributed by atoms with Gasteiger partial charge in [0, 0.05) is 32.5 Å². The van der Waals surface area contributed by atoms with Crippen LogP contribution in [0.1, 0.15) is 19.4 Å². The number of carbonyl (C=O) groups excluding carboxylic acids is 1. The maximum atomic E-state index is 11.2. The lowest BCUT2D eigenvalue weighted by Gasteiger charge is -2.13. The number of ketones is 1. The number of carbonyl (C=O) groups is 1. The lowest BCUT2D eigenvalue weighted by molar-refractivity contribution is -0.120. The Morgan fingerprint density at radius 1 is 1.69 bits per heavy atom. The standard InChI is InChI=1S/C9H14N2O2/c1-8(12)9(4-7-13-2)11-6-3-5-10-11/h3,5-6,9H,4,7H2,1-2H3. The maximum Gasteiger partial charge on any atom is 0.154 e. The van der Waals surface area contributed by atoms with Gasteiger partial charge in [-0.2, -0.15) is 5.10 Å². The lowest BCUT2D eigenvalue weighted by atomic mass is 10.1. The molecule has 0 bridgehead atoms. The number of rotatable bonds is 5. The lowest BCUT2D eigenvalue weighted by Crippen LogP contribution is -2.19. The van der Waals surface area contributed by atoms with Crippen LogP contribution in [0.5, 0.6) is 0 Å². The van der Waals surface area contributed by atoms with E-state index in [-0.39, 0.29) is 11.8 Å². The summed E-state index contributed by atoms with van der Waals surface area (Å²) in [5.41, 5.74) is 0. The van der Waals surface area contributed by atoms with Gasteiger partial charge in [0.15, 0.2) is 5.78 Å². The first kappa shape index (κ1) is 9.92. The fourth-order valence-electron chi connectivity index (χ4n) is 1.22. The number of ether oxygens (including phenoxy) is 1. The molecule has 0 fully saturated rings. The van der Waals surface area contributed by atoms with Gasteiger partial charge in [0.2, 0.25) is 0 Å². The molecule has 0 N–H and O–H groups in total. The van der Waals surface area contributed by atoms with Crippen LogP contribution in [0.15, 0.2) is 18.5 Å². The molecule has 13 heavy (non-hydrogen) atoms. The Balaban J connectivity index is 2.63. The van der Waals surface area contributed by atoms with Gasteiger partial charge in [0.25, 0.3) is 0 Å². The number of aromatic nitrogens is 2. The van der Waals surface area contributed by atoms with Crippen molar-refractivity contribution in [1.82, 2.24) is 9.78 Å². The molecule has 4 nitrogen and oxygen atoms in total. The third kappa shape index (κ3) is 2.66. The Labute approximate surface area is 77.5 Å². The number of nitrogens with zero attached hydrogens (tertiary/aromatic N) is 2. The van der Waals surface area contributed by atoms with E-state index in [1.54, 1.807) is 31.1 Å². The maximum absolute atomic E-state index is 11.2. The van der Waals surface area contributed by atoms with E-state index in [1.807, 2.05) is 6.07 Å². The molecule has 1 aromatic rings. The topological polar surface area (TPSA) is 44.1 Å². The second-order valence-electron chi connectivity index (χ2n) is 2.89. The van der Waals surface area contributed by atoms with Gasteiger partial charge in [0.1, 0.15) is 6.04 Å². The number of Topliss-reactive ketones (excluding diaryl/α,β-unsaturated/α-hetero) is 1. The smallest absolute Gasteiger partial charge is 0.154 e. The van der Waals surface area contributed by atoms with Crippen molar-refractivity contribution in [3.8, 4) is 0 Å². The summed E-state index contributed by atoms with van der Waals surface area (Å²) in [6.07, 6.45) is 4.14. The van der Waals surface area contributed by atoms with Crippen LogP contribution in [0.4, 0.5) is 0 Å². The normalized spacial score (nSPS) is 12.8. The van der Waals surface area contributed by atoms with Crippen molar-refractivity contribution in [2.24, 2.45) is 0 Å². The zero-order valence-electron chi connectivity index (χ0n) is 7.93. The van der Waals surface area contributed by atoms with Crippen molar-refractivity contribution < 1.29 is 9.53 Å². The van der Waals surface area contributed by atoms with Crippen LogP contribution in [0.2, 0.25) is 0 Å². The predicted molar refractivity (Wildman–Crippen MR) is 48.4 cm³/mol. The number of hydrogen-bond donors (Lipinski definition) is 0. The molecule has 1 unspecified atom stereocenters. The Morgan fingerprint density at radius 3 is 2.92 bits per heavy atom. The van der Waals surface area contributed by atoms with Gasteiger partial charge in [-0.3, -0.25) is 9.48 Å². The molecule has 0 aliphatic rings. The molecule has 0 saturated heterocycles. The summed E-state index contributed by atoms with van der Waals surface area (Å²) in [5.74, 6) is 0.112. The highest BCUT2D eigenvalue weighted by molar-refractivity contribution is 5.79. The second-order valence-corrected chi connectivity index (χ2v) is 2.89. The van der Waals surface area contributed by atoms with E-state index in [0.717, 1.165) is 0 Å². The fraction of sp³-hybridized carbons (Fsp3) is 0.556. The molecule has 0 spiro atoms. The van der Waals surface area contributed by atoms with Gasteiger partial charge in [-0.05, 0) is 13.0 Å². The van der Waals surface area contributed by atoms with Crippen LogP contribution in [-0.2, 0) is 9.53 Å². The first-order chi connectivity index (χ1) is 6.25. The molecule has 1 rings (SSSR count). The van der Waals surface area contributed by atoms with E-state index in [2.05, 4.69) is 5.10 Å². The third-order valence-corrected chi connectivity index (χ3v) is 1.91. The summed E-state index contributed by atoms with van der Waals surface area (Å²) < 4.78 is 6.60. The summed E-state index contributed by atoms with van der Waals surface area (Å²) in [5, 5.41) is 4.03. The highest BCUT2D eigenvalue weighted by Crippen LogP contribution is 2.10. The van der Waals surface area contributed by atoms with E-state index >= 15 is 0 Å². The minimum atomic E-state index is -0.185. The highest BCUT2D eigenvalue weighted by atomic mass is 16.5. The molecule has 1 aromatic heterocycles. The Kier molecular flexibility index (Phi) is 3.64. The summed E-state index contributed by atoms with van der Waals surface area (Å²) in [6.45, 7) is 2.14. The van der Waals surface area contributed by atoms with Crippen LogP contribution in [0, 0.1) is 0 Å². The van der Waals surface area contributed by atoms with Gasteiger partial charge in [0.05, 0.1) is 0 Å². The summed E-state index contributed by atoms with van der Waals surface area (Å²) in [7, 11) is 1.63. The number of hydrogen-bond acceptors (Lipinski definition) is 3. The molecule has 72 valence electrons. The fourth-order valence-corrected chi connectivity index (χ4v) is 1.22. The van der Waals surface area contributed by atoms with Crippen molar-refractivity contribution in [1.29, 1.82) is 0 Å². The van der Waals surface area contributed by atoms with Gasteiger partial charge in [-0.15, -0.1) is 0 Å². The molecule has 1 atom stereocenters. The van der Waals surface area contributed by atoms with Crippen molar-refractivity contribution in [2.45, 2.75) is 19.4 Å². The molecule has 0 aromatic carbocycles. The van der Waals surface area contributed by atoms with Crippen molar-refractivity contribution >= 4 is 5.78 Å². The Hall–Kier alpha value is -1.16. The van der Waals surface area contributed by atoms with Crippen molar-refractivity contribution in [3.05, 3.63) is 18.5 Å². The monoisotopic (exact) mass is 182 g/mol. The average Bonchev–Trinajstić information content (AvgIpc) is 2.57. The predicted octanol–water partition coefficient (Wildman–Crippen LogP) is 1.05. The molecular weight excluding hydrogens is 168 g/mol. The average molecular weight is 182 g/mol. The van der Waals surface area contributed by atoms with Gasteiger partial charge in [-0.1, -0.05) is 0 Å². The van der Waals surface area contributed by atoms with E-state index in [0.29, 0.717) is 13.0 Å². The molecule has 0 aliphatic heterocycles. The summed E-state index contributed by atoms with van der Waals surface area (Å²) in [6, 6.07) is 1.62. The zero-order valence-corrected chi connectivity index (χ0v) is 7.93. The van der Waals surface area contributed by atoms with E-state index in [4.69, 9.17) is 4.74 Å². The molecular formula is C9H14N2O2. The van der Waals surface area contributed by atoms with Gasteiger partial charge in [-0.25, -0.2) is 0 Å². The molecule has 1 heterocycles. The van der Waals surface area contributed by atoms with Crippen LogP contribution < -0.4 is 0 Å². The van der Waals surface area contributed by atoms with E-state index in [9.17, 15) is 4.79 Å². The molecule has 4 heteroatoms. The minimum absolute atomic E-state index is 0.112. The second kappa shape index (κ2) is 4.77. The van der Waals surface area contributed by atoms with Crippen molar-refractivity contribution in [2.75, 3.05) is 13.7 Å². The summed E-state index contributed by atoms with van der Waals surface area (Å²) >= 11 is 0. The molecule has 0 saturated carbocycles. The van der Waals surface area contributed by atoms with Crippen LogP contribution in [-0.4, -0.2) is 29.3 Å². The van der Waals surface area contributed by atoms with Crippen LogP contribution in [0.25, 0.3) is 0 Å². The quantitative estimate of drug-likeness (QED) is 0.683. The Morgan fingerprint density at radius 2 is 2.46 bits per heavy atom. The summed E-state index contributed by atoms with van der Waals surface area (Å²) in [4.78, 5) is 11.2. The first-order valence-electron chi connectivity index (χ1n) is 4.24. The van der Waals surface area contributed by atoms with Crippen molar-refractivity contribution in [3.63, 3.8) is 0 Å². The number of methoxy groups -OCH3 is 1.